The van der Waals surface area contributed by atoms with E-state index in [9.17, 15) is 21.6 Å². The molecule has 1 aromatic rings. The minimum Gasteiger partial charge on any atom is -0.372 e. The van der Waals surface area contributed by atoms with Gasteiger partial charge in [-0.25, -0.2) is 4.68 Å². The summed E-state index contributed by atoms with van der Waals surface area (Å²) in [6.07, 6.45) is -4.62. The van der Waals surface area contributed by atoms with Gasteiger partial charge in [-0.3, -0.25) is 4.18 Å². The third-order valence-corrected chi connectivity index (χ3v) is 3.85. The second-order valence-corrected chi connectivity index (χ2v) is 6.78. The Balaban J connectivity index is 2.24. The van der Waals surface area contributed by atoms with Crippen LogP contribution in [0.3, 0.4) is 0 Å². The van der Waals surface area contributed by atoms with Crippen LogP contribution in [0, 0.1) is 0 Å². The van der Waals surface area contributed by atoms with Crippen LogP contribution in [-0.2, 0) is 36.7 Å². The molecule has 0 N–H and O–H groups in total. The van der Waals surface area contributed by atoms with E-state index in [1.807, 2.05) is 0 Å². The highest BCUT2D eigenvalue weighted by atomic mass is 32.2. The van der Waals surface area contributed by atoms with Crippen molar-refractivity contribution in [1.29, 1.82) is 0 Å². The fourth-order valence-electron chi connectivity index (χ4n) is 2.36. The first-order chi connectivity index (χ1) is 10.6. The predicted octanol–water partition coefficient (Wildman–Crippen LogP) is 1.70. The van der Waals surface area contributed by atoms with Crippen LogP contribution in [0.5, 0.6) is 0 Å². The van der Waals surface area contributed by atoms with Crippen LogP contribution in [-0.4, -0.2) is 44.3 Å². The van der Waals surface area contributed by atoms with Crippen molar-refractivity contribution in [3.63, 3.8) is 0 Å². The van der Waals surface area contributed by atoms with E-state index in [-0.39, 0.29) is 25.5 Å². The number of nitrogens with zero attached hydrogens (tertiary/aromatic N) is 2. The molecule has 0 radical (unpaired) electrons. The average Bonchev–Trinajstić information content (AvgIpc) is 2.81. The topological polar surface area (TPSA) is 79.7 Å². The number of methoxy groups -OCH3 is 1. The lowest BCUT2D eigenvalue weighted by Crippen LogP contribution is -2.29. The van der Waals surface area contributed by atoms with E-state index in [4.69, 9.17) is 13.7 Å². The van der Waals surface area contributed by atoms with Gasteiger partial charge < -0.3 is 9.47 Å². The van der Waals surface area contributed by atoms with Crippen LogP contribution in [0.1, 0.15) is 30.3 Å². The van der Waals surface area contributed by atoms with Gasteiger partial charge in [0.15, 0.2) is 5.69 Å². The molecule has 0 aliphatic carbocycles. The van der Waals surface area contributed by atoms with Crippen molar-refractivity contribution < 1.29 is 35.2 Å². The lowest BCUT2D eigenvalue weighted by Gasteiger charge is -2.29. The molecule has 2 unspecified atom stereocenters. The van der Waals surface area contributed by atoms with E-state index in [0.29, 0.717) is 6.42 Å². The Morgan fingerprint density at radius 2 is 2.17 bits per heavy atom. The van der Waals surface area contributed by atoms with E-state index in [0.717, 1.165) is 17.0 Å². The summed E-state index contributed by atoms with van der Waals surface area (Å²) in [6.45, 7) is -0.00671. The van der Waals surface area contributed by atoms with Crippen molar-refractivity contribution in [2.45, 2.75) is 38.0 Å². The van der Waals surface area contributed by atoms with Crippen molar-refractivity contribution in [2.24, 2.45) is 0 Å². The van der Waals surface area contributed by atoms with Gasteiger partial charge in [0.2, 0.25) is 0 Å². The van der Waals surface area contributed by atoms with Gasteiger partial charge in [-0.1, -0.05) is 0 Å². The predicted molar refractivity (Wildman–Crippen MR) is 71.9 cm³/mol. The summed E-state index contributed by atoms with van der Waals surface area (Å²) in [5.74, 6) is 0. The zero-order chi connectivity index (χ0) is 17.3. The Hall–Kier alpha value is -1.17. The molecule has 23 heavy (non-hydrogen) atoms. The van der Waals surface area contributed by atoms with Crippen molar-refractivity contribution in [2.75, 3.05) is 20.0 Å². The van der Waals surface area contributed by atoms with Gasteiger partial charge in [-0.15, -0.1) is 0 Å². The molecule has 2 heterocycles. The first-order valence-electron chi connectivity index (χ1n) is 6.74. The molecule has 1 aromatic heterocycles. The molecule has 1 aliphatic heterocycles. The molecule has 2 atom stereocenters. The molecule has 0 spiro atoms. The number of alkyl halides is 3. The van der Waals surface area contributed by atoms with E-state index in [1.165, 1.54) is 7.11 Å². The molecular formula is C12H17F3N2O5S. The van der Waals surface area contributed by atoms with E-state index in [2.05, 4.69) is 5.10 Å². The summed E-state index contributed by atoms with van der Waals surface area (Å²) in [7, 11) is -2.32. The molecule has 7 nitrogen and oxygen atoms in total. The Labute approximate surface area is 131 Å². The van der Waals surface area contributed by atoms with Gasteiger partial charge in [0, 0.05) is 20.1 Å². The quantitative estimate of drug-likeness (QED) is 0.746. The number of aromatic nitrogens is 2. The molecule has 1 saturated heterocycles. The number of hydrogen-bond acceptors (Lipinski definition) is 6. The zero-order valence-electron chi connectivity index (χ0n) is 12.5. The molecule has 0 amide bonds. The Morgan fingerprint density at radius 1 is 1.48 bits per heavy atom. The van der Waals surface area contributed by atoms with E-state index >= 15 is 0 Å². The number of hydrogen-bond donors (Lipinski definition) is 0. The van der Waals surface area contributed by atoms with Crippen LogP contribution in [0.15, 0.2) is 6.07 Å². The zero-order valence-corrected chi connectivity index (χ0v) is 13.4. The van der Waals surface area contributed by atoms with Gasteiger partial charge in [-0.2, -0.15) is 26.7 Å². The standard InChI is InChI=1S/C12H17F3N2O5S/c1-20-7-17-9(6-11(16-17)12(13,14)15)10-5-8(3-4-21-10)22-23(2,18)19/h6,8,10H,3-5,7H2,1-2H3. The first-order valence-corrected chi connectivity index (χ1v) is 8.55. The maximum absolute atomic E-state index is 12.8. The molecule has 132 valence electrons. The fraction of sp³-hybridized carbons (Fsp3) is 0.750. The van der Waals surface area contributed by atoms with Crippen molar-refractivity contribution in [1.82, 2.24) is 9.78 Å². The molecule has 1 aliphatic rings. The second-order valence-electron chi connectivity index (χ2n) is 5.18. The summed E-state index contributed by atoms with van der Waals surface area (Å²) in [5.41, 5.74) is -0.889. The van der Waals surface area contributed by atoms with Gasteiger partial charge in [0.25, 0.3) is 10.1 Å². The molecule has 2 rings (SSSR count). The average molecular weight is 358 g/mol. The highest BCUT2D eigenvalue weighted by Gasteiger charge is 2.37. The first kappa shape index (κ1) is 18.2. The lowest BCUT2D eigenvalue weighted by molar-refractivity contribution is -0.141. The molecule has 0 saturated carbocycles. The summed E-state index contributed by atoms with van der Waals surface area (Å²) in [5, 5.41) is 3.47. The number of ether oxygens (including phenoxy) is 2. The van der Waals surface area contributed by atoms with Crippen LogP contribution in [0.2, 0.25) is 0 Å². The van der Waals surface area contributed by atoms with Crippen LogP contribution >= 0.6 is 0 Å². The second kappa shape index (κ2) is 6.75. The van der Waals surface area contributed by atoms with E-state index in [1.54, 1.807) is 0 Å². The summed E-state index contributed by atoms with van der Waals surface area (Å²) in [4.78, 5) is 0. The van der Waals surface area contributed by atoms with Crippen LogP contribution < -0.4 is 0 Å². The third-order valence-electron chi connectivity index (χ3n) is 3.23. The van der Waals surface area contributed by atoms with Gasteiger partial charge in [-0.05, 0) is 12.5 Å². The Bertz CT molecular complexity index is 644. The highest BCUT2D eigenvalue weighted by molar-refractivity contribution is 7.86. The molecule has 11 heteroatoms. The van der Waals surface area contributed by atoms with E-state index < -0.39 is 34.2 Å². The maximum atomic E-state index is 12.8. The van der Waals surface area contributed by atoms with Gasteiger partial charge in [0.1, 0.15) is 12.8 Å². The number of halogens is 3. The molecule has 1 fully saturated rings. The molecular weight excluding hydrogens is 341 g/mol. The Kier molecular flexibility index (Phi) is 5.33. The van der Waals surface area contributed by atoms with Gasteiger partial charge >= 0.3 is 6.18 Å². The summed E-state index contributed by atoms with van der Waals surface area (Å²) < 4.78 is 77.1. The van der Waals surface area contributed by atoms with Crippen molar-refractivity contribution in [3.05, 3.63) is 17.5 Å². The molecule has 0 aromatic carbocycles. The van der Waals surface area contributed by atoms with Gasteiger partial charge in [0.05, 0.1) is 18.1 Å². The largest absolute Gasteiger partial charge is 0.435 e. The monoisotopic (exact) mass is 358 g/mol. The normalized spacial score (nSPS) is 23.2. The minimum atomic E-state index is -4.59. The molecule has 0 bridgehead atoms. The third kappa shape index (κ3) is 4.90. The maximum Gasteiger partial charge on any atom is 0.435 e. The Morgan fingerprint density at radius 3 is 2.74 bits per heavy atom. The summed E-state index contributed by atoms with van der Waals surface area (Å²) in [6, 6.07) is 0.881. The number of rotatable bonds is 5. The smallest absolute Gasteiger partial charge is 0.372 e. The lowest BCUT2D eigenvalue weighted by atomic mass is 10.0. The highest BCUT2D eigenvalue weighted by Crippen LogP contribution is 2.34. The minimum absolute atomic E-state index is 0.111. The van der Waals surface area contributed by atoms with Crippen LogP contribution in [0.25, 0.3) is 0 Å². The fourth-order valence-corrected chi connectivity index (χ4v) is 3.03. The van der Waals surface area contributed by atoms with Crippen LogP contribution in [0.4, 0.5) is 13.2 Å². The van der Waals surface area contributed by atoms with Crippen molar-refractivity contribution in [3.8, 4) is 0 Å². The SMILES string of the molecule is COCn1nc(C(F)(F)F)cc1C1CC(OS(C)(=O)=O)CCO1. The summed E-state index contributed by atoms with van der Waals surface area (Å²) >= 11 is 0. The van der Waals surface area contributed by atoms with Crippen molar-refractivity contribution >= 4 is 10.1 Å².